The maximum Gasteiger partial charge on any atom is 0.326 e. The molecule has 23 heavy (non-hydrogen) atoms. The molecule has 4 nitrogen and oxygen atoms in total. The summed E-state index contributed by atoms with van der Waals surface area (Å²) in [6.45, 7) is 2.24. The maximum absolute atomic E-state index is 13.3. The quantitative estimate of drug-likeness (QED) is 0.638. The predicted molar refractivity (Wildman–Crippen MR) is 84.8 cm³/mol. The Labute approximate surface area is 134 Å². The molecule has 5 heteroatoms. The Morgan fingerprint density at radius 2 is 2.09 bits per heavy atom. The number of rotatable bonds is 4. The maximum atomic E-state index is 13.3. The van der Waals surface area contributed by atoms with Crippen molar-refractivity contribution in [3.8, 4) is 0 Å². The Morgan fingerprint density at radius 1 is 1.35 bits per heavy atom. The summed E-state index contributed by atoms with van der Waals surface area (Å²) in [5, 5.41) is 0.513. The van der Waals surface area contributed by atoms with Crippen molar-refractivity contribution in [3.63, 3.8) is 0 Å². The van der Waals surface area contributed by atoms with Gasteiger partial charge in [-0.15, -0.1) is 0 Å². The van der Waals surface area contributed by atoms with Crippen molar-refractivity contribution in [3.05, 3.63) is 35.8 Å². The first-order valence-electron chi connectivity index (χ1n) is 8.00. The van der Waals surface area contributed by atoms with Crippen LogP contribution in [0.25, 0.3) is 10.9 Å². The highest BCUT2D eigenvalue weighted by Gasteiger charge is 2.22. The number of hydrogen-bond acceptors (Lipinski definition) is 3. The number of benzene rings is 1. The Hall–Kier alpha value is -2.17. The molecule has 0 saturated heterocycles. The van der Waals surface area contributed by atoms with Gasteiger partial charge in [-0.2, -0.15) is 0 Å². The largest absolute Gasteiger partial charge is 0.461 e. The molecule has 1 saturated carbocycles. The van der Waals surface area contributed by atoms with Gasteiger partial charge >= 0.3 is 5.97 Å². The van der Waals surface area contributed by atoms with E-state index in [1.165, 1.54) is 12.1 Å². The molecule has 1 aliphatic rings. The first-order valence-corrected chi connectivity index (χ1v) is 8.00. The molecule has 1 fully saturated rings. The van der Waals surface area contributed by atoms with Gasteiger partial charge in [0.1, 0.15) is 18.5 Å². The van der Waals surface area contributed by atoms with E-state index in [1.54, 1.807) is 16.8 Å². The summed E-state index contributed by atoms with van der Waals surface area (Å²) in [6, 6.07) is 4.21. The SMILES string of the molecule is CC1CCC(OC(=O)Cn2cc(C=O)c3cc(F)ccc32)CC1. The highest BCUT2D eigenvalue weighted by atomic mass is 19.1. The van der Waals surface area contributed by atoms with Crippen molar-refractivity contribution < 1.29 is 18.7 Å². The fourth-order valence-electron chi connectivity index (χ4n) is 3.23. The van der Waals surface area contributed by atoms with E-state index in [0.717, 1.165) is 25.7 Å². The van der Waals surface area contributed by atoms with Gasteiger partial charge in [-0.1, -0.05) is 6.92 Å². The number of halogens is 1. The molecule has 0 radical (unpaired) electrons. The van der Waals surface area contributed by atoms with Crippen LogP contribution in [-0.2, 0) is 16.1 Å². The van der Waals surface area contributed by atoms with E-state index < -0.39 is 5.82 Å². The third-order valence-corrected chi connectivity index (χ3v) is 4.56. The molecule has 1 heterocycles. The minimum atomic E-state index is -0.405. The van der Waals surface area contributed by atoms with Crippen molar-refractivity contribution in [2.24, 2.45) is 5.92 Å². The van der Waals surface area contributed by atoms with Crippen LogP contribution in [0.15, 0.2) is 24.4 Å². The lowest BCUT2D eigenvalue weighted by Crippen LogP contribution is -2.25. The van der Waals surface area contributed by atoms with Crippen LogP contribution in [0.5, 0.6) is 0 Å². The fraction of sp³-hybridized carbons (Fsp3) is 0.444. The lowest BCUT2D eigenvalue weighted by Gasteiger charge is -2.26. The van der Waals surface area contributed by atoms with Gasteiger partial charge in [-0.05, 0) is 49.8 Å². The molecule has 122 valence electrons. The molecular formula is C18H20FNO3. The average molecular weight is 317 g/mol. The second-order valence-electron chi connectivity index (χ2n) is 6.36. The number of aldehydes is 1. The minimum Gasteiger partial charge on any atom is -0.461 e. The molecule has 0 N–H and O–H groups in total. The third kappa shape index (κ3) is 3.44. The van der Waals surface area contributed by atoms with Crippen LogP contribution in [0, 0.1) is 11.7 Å². The van der Waals surface area contributed by atoms with Gasteiger partial charge < -0.3 is 9.30 Å². The molecule has 0 atom stereocenters. The number of aromatic nitrogens is 1. The van der Waals surface area contributed by atoms with Crippen LogP contribution in [0.1, 0.15) is 43.0 Å². The van der Waals surface area contributed by atoms with Crippen molar-refractivity contribution in [2.75, 3.05) is 0 Å². The van der Waals surface area contributed by atoms with Crippen molar-refractivity contribution in [2.45, 2.75) is 45.3 Å². The molecule has 0 spiro atoms. The number of carbonyl (C=O) groups excluding carboxylic acids is 2. The predicted octanol–water partition coefficient (Wildman–Crippen LogP) is 3.71. The molecule has 2 aromatic rings. The van der Waals surface area contributed by atoms with Crippen LogP contribution < -0.4 is 0 Å². The molecule has 0 unspecified atom stereocenters. The van der Waals surface area contributed by atoms with Crippen LogP contribution in [-0.4, -0.2) is 22.9 Å². The summed E-state index contributed by atoms with van der Waals surface area (Å²) in [5.41, 5.74) is 1.03. The highest BCUT2D eigenvalue weighted by molar-refractivity contribution is 5.98. The fourth-order valence-corrected chi connectivity index (χ4v) is 3.23. The second-order valence-corrected chi connectivity index (χ2v) is 6.36. The lowest BCUT2D eigenvalue weighted by molar-refractivity contribution is -0.151. The van der Waals surface area contributed by atoms with Crippen molar-refractivity contribution in [1.82, 2.24) is 4.57 Å². The number of carbonyl (C=O) groups is 2. The zero-order valence-electron chi connectivity index (χ0n) is 13.1. The summed E-state index contributed by atoms with van der Waals surface area (Å²) >= 11 is 0. The smallest absolute Gasteiger partial charge is 0.326 e. The summed E-state index contributed by atoms with van der Waals surface area (Å²) < 4.78 is 20.5. The minimum absolute atomic E-state index is 0.0106. The highest BCUT2D eigenvalue weighted by Crippen LogP contribution is 2.26. The van der Waals surface area contributed by atoms with E-state index in [9.17, 15) is 14.0 Å². The summed E-state index contributed by atoms with van der Waals surface area (Å²) in [6.07, 6.45) is 6.21. The van der Waals surface area contributed by atoms with E-state index in [-0.39, 0.29) is 18.6 Å². The van der Waals surface area contributed by atoms with Gasteiger partial charge in [-0.25, -0.2) is 4.39 Å². The molecule has 1 aromatic carbocycles. The topological polar surface area (TPSA) is 48.3 Å². The van der Waals surface area contributed by atoms with E-state index in [1.807, 2.05) is 0 Å². The van der Waals surface area contributed by atoms with Crippen molar-refractivity contribution in [1.29, 1.82) is 0 Å². The number of esters is 1. The number of fused-ring (bicyclic) bond motifs is 1. The molecule has 1 aliphatic carbocycles. The van der Waals surface area contributed by atoms with Crippen molar-refractivity contribution >= 4 is 23.2 Å². The summed E-state index contributed by atoms with van der Waals surface area (Å²) in [4.78, 5) is 23.3. The van der Waals surface area contributed by atoms with Gasteiger partial charge in [0, 0.05) is 22.7 Å². The zero-order valence-corrected chi connectivity index (χ0v) is 13.1. The average Bonchev–Trinajstić information content (AvgIpc) is 2.86. The van der Waals surface area contributed by atoms with E-state index in [4.69, 9.17) is 4.74 Å². The molecule has 0 aliphatic heterocycles. The Kier molecular flexibility index (Phi) is 4.46. The van der Waals surface area contributed by atoms with Crippen LogP contribution in [0.4, 0.5) is 4.39 Å². The third-order valence-electron chi connectivity index (χ3n) is 4.56. The van der Waals surface area contributed by atoms with Crippen LogP contribution in [0.3, 0.4) is 0 Å². The Balaban J connectivity index is 1.73. The van der Waals surface area contributed by atoms with Crippen LogP contribution >= 0.6 is 0 Å². The number of nitrogens with zero attached hydrogens (tertiary/aromatic N) is 1. The molecule has 0 bridgehead atoms. The lowest BCUT2D eigenvalue weighted by atomic mass is 9.89. The van der Waals surface area contributed by atoms with E-state index in [2.05, 4.69) is 6.92 Å². The summed E-state index contributed by atoms with van der Waals surface area (Å²) in [7, 11) is 0. The number of ether oxygens (including phenoxy) is 1. The first-order chi connectivity index (χ1) is 11.1. The molecule has 1 aromatic heterocycles. The zero-order chi connectivity index (χ0) is 16.4. The standard InChI is InChI=1S/C18H20FNO3/c1-12-2-5-15(6-3-12)23-18(22)10-20-9-13(11-21)16-8-14(19)4-7-17(16)20/h4,7-9,11-12,15H,2-3,5-6,10H2,1H3. The van der Waals surface area contributed by atoms with E-state index in [0.29, 0.717) is 28.7 Å². The van der Waals surface area contributed by atoms with Gasteiger partial charge in [0.15, 0.2) is 6.29 Å². The molecule has 0 amide bonds. The normalized spacial score (nSPS) is 21.3. The van der Waals surface area contributed by atoms with Gasteiger partial charge in [0.2, 0.25) is 0 Å². The van der Waals surface area contributed by atoms with Gasteiger partial charge in [-0.3, -0.25) is 9.59 Å². The molecular weight excluding hydrogens is 297 g/mol. The summed E-state index contributed by atoms with van der Waals surface area (Å²) in [5.74, 6) is -0.0242. The molecule has 3 rings (SSSR count). The van der Waals surface area contributed by atoms with E-state index >= 15 is 0 Å². The van der Waals surface area contributed by atoms with Crippen LogP contribution in [0.2, 0.25) is 0 Å². The van der Waals surface area contributed by atoms with Gasteiger partial charge in [0.25, 0.3) is 0 Å². The van der Waals surface area contributed by atoms with Gasteiger partial charge in [0.05, 0.1) is 0 Å². The first kappa shape index (κ1) is 15.7. The Bertz CT molecular complexity index is 729. The monoisotopic (exact) mass is 317 g/mol. The number of hydrogen-bond donors (Lipinski definition) is 0. The second kappa shape index (κ2) is 6.52. The Morgan fingerprint density at radius 3 is 2.78 bits per heavy atom.